The van der Waals surface area contributed by atoms with Crippen molar-refractivity contribution in [1.29, 1.82) is 0 Å². The summed E-state index contributed by atoms with van der Waals surface area (Å²) in [5, 5.41) is 11.0. The Labute approximate surface area is 213 Å². The van der Waals surface area contributed by atoms with Crippen LogP contribution in [0.15, 0.2) is 43.0 Å². The van der Waals surface area contributed by atoms with Crippen LogP contribution in [0.5, 0.6) is 6.01 Å². The van der Waals surface area contributed by atoms with Crippen LogP contribution in [0.1, 0.15) is 19.0 Å². The van der Waals surface area contributed by atoms with Gasteiger partial charge in [-0.2, -0.15) is 18.3 Å². The Bertz CT molecular complexity index is 1620. The smallest absolute Gasteiger partial charge is 0.435 e. The van der Waals surface area contributed by atoms with E-state index in [4.69, 9.17) is 4.74 Å². The van der Waals surface area contributed by atoms with Gasteiger partial charge in [0.25, 0.3) is 0 Å². The van der Waals surface area contributed by atoms with Crippen molar-refractivity contribution < 1.29 is 22.3 Å². The lowest BCUT2D eigenvalue weighted by Gasteiger charge is -2.13. The summed E-state index contributed by atoms with van der Waals surface area (Å²) >= 11 is 0. The molecule has 13 heteroatoms. The quantitative estimate of drug-likeness (QED) is 0.276. The fourth-order valence-corrected chi connectivity index (χ4v) is 4.68. The largest absolute Gasteiger partial charge is 0.459 e. The standard InChI is InChI=1S/C25H22F4N8O/c1-2-31-18-8-14(26)7-16-20-22(37-6-4-19(36-37)25(27,28)29)17(12-32-23(20)35-21(16)18)13-9-33-24(34-10-13)38-15-3-5-30-11-15/h4,6-10,12,15,30-31H,2-3,5,11H2,1H3,(H,32,35). The summed E-state index contributed by atoms with van der Waals surface area (Å²) < 4.78 is 62.0. The maximum atomic E-state index is 14.7. The second-order valence-corrected chi connectivity index (χ2v) is 8.91. The van der Waals surface area contributed by atoms with Gasteiger partial charge >= 0.3 is 12.2 Å². The molecule has 196 valence electrons. The van der Waals surface area contributed by atoms with E-state index in [0.717, 1.165) is 23.7 Å². The Morgan fingerprint density at radius 2 is 1.97 bits per heavy atom. The Hall–Kier alpha value is -4.26. The summed E-state index contributed by atoms with van der Waals surface area (Å²) in [6.45, 7) is 3.96. The van der Waals surface area contributed by atoms with E-state index in [2.05, 4.69) is 35.7 Å². The van der Waals surface area contributed by atoms with Crippen molar-refractivity contribution in [2.45, 2.75) is 25.6 Å². The molecule has 5 aromatic rings. The molecule has 9 nitrogen and oxygen atoms in total. The molecular weight excluding hydrogens is 504 g/mol. The molecule has 6 rings (SSSR count). The van der Waals surface area contributed by atoms with E-state index >= 15 is 0 Å². The number of ether oxygens (including phenoxy) is 1. The summed E-state index contributed by atoms with van der Waals surface area (Å²) in [6, 6.07) is 3.75. The number of hydrogen-bond acceptors (Lipinski definition) is 7. The van der Waals surface area contributed by atoms with E-state index in [1.807, 2.05) is 6.92 Å². The number of anilines is 1. The van der Waals surface area contributed by atoms with Gasteiger partial charge in [-0.05, 0) is 38.1 Å². The van der Waals surface area contributed by atoms with Crippen LogP contribution < -0.4 is 15.4 Å². The van der Waals surface area contributed by atoms with Crippen LogP contribution in [0.4, 0.5) is 23.2 Å². The third-order valence-electron chi connectivity index (χ3n) is 6.37. The van der Waals surface area contributed by atoms with Gasteiger partial charge < -0.3 is 20.4 Å². The molecule has 3 N–H and O–H groups in total. The first kappa shape index (κ1) is 24.1. The van der Waals surface area contributed by atoms with Gasteiger partial charge in [-0.25, -0.2) is 24.0 Å². The molecule has 1 atom stereocenters. The fraction of sp³-hybridized carbons (Fsp3) is 0.280. The van der Waals surface area contributed by atoms with Crippen molar-refractivity contribution in [3.8, 4) is 22.8 Å². The maximum Gasteiger partial charge on any atom is 0.435 e. The van der Waals surface area contributed by atoms with Crippen LogP contribution in [0.3, 0.4) is 0 Å². The van der Waals surface area contributed by atoms with Crippen LogP contribution in [0, 0.1) is 5.82 Å². The van der Waals surface area contributed by atoms with Gasteiger partial charge in [0.2, 0.25) is 0 Å². The van der Waals surface area contributed by atoms with Crippen LogP contribution in [0.2, 0.25) is 0 Å². The molecule has 1 saturated heterocycles. The molecule has 38 heavy (non-hydrogen) atoms. The highest BCUT2D eigenvalue weighted by molar-refractivity contribution is 6.15. The predicted molar refractivity (Wildman–Crippen MR) is 133 cm³/mol. The van der Waals surface area contributed by atoms with Crippen LogP contribution >= 0.6 is 0 Å². The lowest BCUT2D eigenvalue weighted by atomic mass is 10.0. The number of hydrogen-bond donors (Lipinski definition) is 3. The summed E-state index contributed by atoms with van der Waals surface area (Å²) in [5.74, 6) is -0.506. The monoisotopic (exact) mass is 526 g/mol. The predicted octanol–water partition coefficient (Wildman–Crippen LogP) is 4.69. The minimum absolute atomic E-state index is 0.0358. The first-order valence-electron chi connectivity index (χ1n) is 12.0. The highest BCUT2D eigenvalue weighted by Gasteiger charge is 2.34. The van der Waals surface area contributed by atoms with E-state index in [1.54, 1.807) is 0 Å². The van der Waals surface area contributed by atoms with Gasteiger partial charge in [-0.15, -0.1) is 0 Å². The molecule has 1 unspecified atom stereocenters. The van der Waals surface area contributed by atoms with Crippen molar-refractivity contribution >= 4 is 27.6 Å². The number of nitrogens with one attached hydrogen (secondary N) is 3. The second kappa shape index (κ2) is 9.24. The van der Waals surface area contributed by atoms with E-state index in [9.17, 15) is 17.6 Å². The summed E-state index contributed by atoms with van der Waals surface area (Å²) in [4.78, 5) is 16.3. The number of pyridine rings is 1. The number of alkyl halides is 3. The van der Waals surface area contributed by atoms with E-state index in [-0.39, 0.29) is 17.8 Å². The van der Waals surface area contributed by atoms with Gasteiger partial charge in [0, 0.05) is 54.4 Å². The Morgan fingerprint density at radius 3 is 2.66 bits per heavy atom. The average molecular weight is 526 g/mol. The Kier molecular flexibility index (Phi) is 5.86. The zero-order valence-corrected chi connectivity index (χ0v) is 20.1. The van der Waals surface area contributed by atoms with Crippen molar-refractivity contribution in [3.63, 3.8) is 0 Å². The molecular formula is C25H22F4N8O. The Balaban J connectivity index is 1.56. The van der Waals surface area contributed by atoms with E-state index < -0.39 is 17.7 Å². The molecule has 0 bridgehead atoms. The van der Waals surface area contributed by atoms with Gasteiger partial charge in [0.05, 0.1) is 22.3 Å². The molecule has 0 aliphatic carbocycles. The maximum absolute atomic E-state index is 14.7. The number of halogens is 4. The fourth-order valence-electron chi connectivity index (χ4n) is 4.68. The van der Waals surface area contributed by atoms with Crippen molar-refractivity contribution in [2.75, 3.05) is 25.0 Å². The molecule has 0 saturated carbocycles. The molecule has 1 aromatic carbocycles. The van der Waals surface area contributed by atoms with Gasteiger partial charge in [0.15, 0.2) is 5.69 Å². The van der Waals surface area contributed by atoms with E-state index in [1.165, 1.54) is 36.9 Å². The third kappa shape index (κ3) is 4.28. The molecule has 0 spiro atoms. The number of H-pyrrole nitrogens is 1. The zero-order valence-electron chi connectivity index (χ0n) is 20.1. The number of nitrogens with zero attached hydrogens (tertiary/aromatic N) is 5. The van der Waals surface area contributed by atoms with Crippen LogP contribution in [0.25, 0.3) is 38.8 Å². The topological polar surface area (TPSA) is 106 Å². The highest BCUT2D eigenvalue weighted by atomic mass is 19.4. The number of aromatic amines is 1. The van der Waals surface area contributed by atoms with Crippen molar-refractivity contribution in [3.05, 3.63) is 54.5 Å². The lowest BCUT2D eigenvalue weighted by Crippen LogP contribution is -2.20. The first-order chi connectivity index (χ1) is 18.3. The minimum atomic E-state index is -4.64. The number of benzene rings is 1. The number of fused-ring (bicyclic) bond motifs is 3. The second-order valence-electron chi connectivity index (χ2n) is 8.91. The van der Waals surface area contributed by atoms with Crippen molar-refractivity contribution in [1.82, 2.24) is 35.0 Å². The normalized spacial score (nSPS) is 16.0. The SMILES string of the molecule is CCNc1cc(F)cc2c1[nH]c1ncc(-c3cnc(OC4CCNC4)nc3)c(-n3ccc(C(F)(F)F)n3)c12. The van der Waals surface area contributed by atoms with E-state index in [0.29, 0.717) is 51.8 Å². The number of aromatic nitrogens is 6. The van der Waals surface area contributed by atoms with Crippen LogP contribution in [-0.2, 0) is 6.18 Å². The van der Waals surface area contributed by atoms with Gasteiger partial charge in [0.1, 0.15) is 17.6 Å². The first-order valence-corrected chi connectivity index (χ1v) is 12.0. The number of rotatable bonds is 6. The zero-order chi connectivity index (χ0) is 26.4. The lowest BCUT2D eigenvalue weighted by molar-refractivity contribution is -0.141. The summed E-state index contributed by atoms with van der Waals surface area (Å²) in [5.41, 5.74) is 1.56. The molecule has 5 heterocycles. The summed E-state index contributed by atoms with van der Waals surface area (Å²) in [7, 11) is 0. The minimum Gasteiger partial charge on any atom is -0.459 e. The van der Waals surface area contributed by atoms with Gasteiger partial charge in [-0.3, -0.25) is 0 Å². The van der Waals surface area contributed by atoms with Crippen molar-refractivity contribution in [2.24, 2.45) is 0 Å². The molecule has 1 aliphatic rings. The van der Waals surface area contributed by atoms with Crippen LogP contribution in [-0.4, -0.2) is 55.5 Å². The molecule has 0 radical (unpaired) electrons. The van der Waals surface area contributed by atoms with Gasteiger partial charge in [-0.1, -0.05) is 0 Å². The molecule has 1 fully saturated rings. The molecule has 1 aliphatic heterocycles. The third-order valence-corrected chi connectivity index (χ3v) is 6.37. The highest BCUT2D eigenvalue weighted by Crippen LogP contribution is 2.39. The summed E-state index contributed by atoms with van der Waals surface area (Å²) in [6.07, 6.45) is 1.92. The molecule has 4 aromatic heterocycles. The average Bonchev–Trinajstić information content (AvgIpc) is 3.64. The molecule has 0 amide bonds. The Morgan fingerprint density at radius 1 is 1.16 bits per heavy atom.